The summed E-state index contributed by atoms with van der Waals surface area (Å²) in [6.07, 6.45) is 2.33. The molecule has 0 amide bonds. The summed E-state index contributed by atoms with van der Waals surface area (Å²) in [5.41, 5.74) is 0.694. The number of hydrogen-bond acceptors (Lipinski definition) is 3. The number of aliphatic hydroxyl groups is 1. The smallest absolute Gasteiger partial charge is 0.243 e. The number of nitrogens with zero attached hydrogens (tertiary/aromatic N) is 1. The Hall–Kier alpha value is -1.17. The lowest BCUT2D eigenvalue weighted by molar-refractivity contribution is 0.281. The van der Waals surface area contributed by atoms with Crippen molar-refractivity contribution >= 4 is 10.0 Å². The number of benzene rings is 1. The third-order valence-corrected chi connectivity index (χ3v) is 4.43. The Morgan fingerprint density at radius 3 is 2.39 bits per heavy atom. The summed E-state index contributed by atoms with van der Waals surface area (Å²) < 4.78 is 26.1. The molecule has 0 atom stereocenters. The molecule has 0 saturated carbocycles. The lowest BCUT2D eigenvalue weighted by atomic mass is 10.2. The summed E-state index contributed by atoms with van der Waals surface area (Å²) in [4.78, 5) is 0.245. The third-order valence-electron chi connectivity index (χ3n) is 2.55. The van der Waals surface area contributed by atoms with Gasteiger partial charge in [0, 0.05) is 13.1 Å². The minimum absolute atomic E-state index is 0.0916. The van der Waals surface area contributed by atoms with Gasteiger partial charge < -0.3 is 5.11 Å². The van der Waals surface area contributed by atoms with E-state index in [-0.39, 0.29) is 11.5 Å². The molecule has 0 aliphatic heterocycles. The van der Waals surface area contributed by atoms with Gasteiger partial charge in [0.1, 0.15) is 0 Å². The van der Waals surface area contributed by atoms with Crippen molar-refractivity contribution in [2.24, 2.45) is 0 Å². The standard InChI is InChI=1S/C13H19NO3S/c1-3-9-14(10-4-2)18(16,17)13-7-5-12(11-15)6-8-13/h3,5-8,15H,1,4,9-11H2,2H3. The maximum atomic E-state index is 12.3. The molecule has 0 aliphatic rings. The van der Waals surface area contributed by atoms with Crippen LogP contribution in [0.2, 0.25) is 0 Å². The molecule has 1 aromatic carbocycles. The van der Waals surface area contributed by atoms with Gasteiger partial charge in [-0.25, -0.2) is 8.42 Å². The van der Waals surface area contributed by atoms with Gasteiger partial charge in [-0.15, -0.1) is 6.58 Å². The molecule has 0 fully saturated rings. The highest BCUT2D eigenvalue weighted by Crippen LogP contribution is 2.16. The van der Waals surface area contributed by atoms with Crippen molar-refractivity contribution in [3.8, 4) is 0 Å². The Labute approximate surface area is 109 Å². The highest BCUT2D eigenvalue weighted by atomic mass is 32.2. The molecule has 1 aromatic rings. The van der Waals surface area contributed by atoms with Crippen LogP contribution in [0.5, 0.6) is 0 Å². The van der Waals surface area contributed by atoms with E-state index < -0.39 is 10.0 Å². The SMILES string of the molecule is C=CCN(CCC)S(=O)(=O)c1ccc(CO)cc1. The van der Waals surface area contributed by atoms with Crippen LogP contribution in [0.25, 0.3) is 0 Å². The van der Waals surface area contributed by atoms with E-state index in [1.165, 1.54) is 16.4 Å². The van der Waals surface area contributed by atoms with Gasteiger partial charge in [0.05, 0.1) is 11.5 Å². The van der Waals surface area contributed by atoms with Gasteiger partial charge >= 0.3 is 0 Å². The Bertz CT molecular complexity index is 479. The number of hydrogen-bond donors (Lipinski definition) is 1. The molecule has 0 heterocycles. The maximum Gasteiger partial charge on any atom is 0.243 e. The summed E-state index contributed by atoms with van der Waals surface area (Å²) in [6.45, 7) is 6.19. The van der Waals surface area contributed by atoms with Crippen molar-refractivity contribution in [3.63, 3.8) is 0 Å². The molecule has 0 saturated heterocycles. The van der Waals surface area contributed by atoms with Gasteiger partial charge in [-0.3, -0.25) is 0 Å². The first-order chi connectivity index (χ1) is 8.56. The molecular formula is C13H19NO3S. The van der Waals surface area contributed by atoms with Crippen molar-refractivity contribution in [1.82, 2.24) is 4.31 Å². The molecule has 4 nitrogen and oxygen atoms in total. The quantitative estimate of drug-likeness (QED) is 0.767. The molecule has 0 radical (unpaired) electrons. The highest BCUT2D eigenvalue weighted by molar-refractivity contribution is 7.89. The zero-order valence-electron chi connectivity index (χ0n) is 10.5. The summed E-state index contributed by atoms with van der Waals surface area (Å²) in [6, 6.07) is 6.27. The molecule has 100 valence electrons. The molecule has 0 spiro atoms. The molecule has 0 bridgehead atoms. The van der Waals surface area contributed by atoms with Gasteiger partial charge in [0.15, 0.2) is 0 Å². The summed E-state index contributed by atoms with van der Waals surface area (Å²) in [5, 5.41) is 8.94. The topological polar surface area (TPSA) is 57.6 Å². The monoisotopic (exact) mass is 269 g/mol. The Morgan fingerprint density at radius 1 is 1.33 bits per heavy atom. The van der Waals surface area contributed by atoms with Crippen molar-refractivity contribution in [1.29, 1.82) is 0 Å². The zero-order chi connectivity index (χ0) is 13.6. The first kappa shape index (κ1) is 14.9. The first-order valence-electron chi connectivity index (χ1n) is 5.87. The third kappa shape index (κ3) is 3.41. The summed E-state index contributed by atoms with van der Waals surface area (Å²) >= 11 is 0. The molecule has 5 heteroatoms. The molecule has 0 aliphatic carbocycles. The molecular weight excluding hydrogens is 250 g/mol. The van der Waals surface area contributed by atoms with Crippen LogP contribution >= 0.6 is 0 Å². The van der Waals surface area contributed by atoms with Crippen LogP contribution in [0.1, 0.15) is 18.9 Å². The second-order valence-electron chi connectivity index (χ2n) is 3.95. The number of aliphatic hydroxyl groups excluding tert-OH is 1. The van der Waals surface area contributed by atoms with Crippen LogP contribution < -0.4 is 0 Å². The van der Waals surface area contributed by atoms with Crippen molar-refractivity contribution in [2.45, 2.75) is 24.8 Å². The molecule has 1 rings (SSSR count). The minimum Gasteiger partial charge on any atom is -0.392 e. The first-order valence-corrected chi connectivity index (χ1v) is 7.31. The number of rotatable bonds is 7. The Morgan fingerprint density at radius 2 is 1.94 bits per heavy atom. The number of sulfonamides is 1. The summed E-state index contributed by atoms with van der Waals surface area (Å²) in [7, 11) is -3.47. The van der Waals surface area contributed by atoms with Crippen LogP contribution in [0, 0.1) is 0 Å². The predicted molar refractivity (Wildman–Crippen MR) is 71.6 cm³/mol. The fourth-order valence-electron chi connectivity index (χ4n) is 1.62. The normalized spacial score (nSPS) is 11.7. The van der Waals surface area contributed by atoms with Crippen LogP contribution in [0.3, 0.4) is 0 Å². The van der Waals surface area contributed by atoms with E-state index in [0.29, 0.717) is 18.7 Å². The van der Waals surface area contributed by atoms with Gasteiger partial charge in [0.2, 0.25) is 10.0 Å². The lowest BCUT2D eigenvalue weighted by Crippen LogP contribution is -2.32. The van der Waals surface area contributed by atoms with E-state index in [4.69, 9.17) is 5.11 Å². The van der Waals surface area contributed by atoms with Gasteiger partial charge in [-0.2, -0.15) is 4.31 Å². The fourth-order valence-corrected chi connectivity index (χ4v) is 3.12. The van der Waals surface area contributed by atoms with Crippen LogP contribution in [-0.4, -0.2) is 30.9 Å². The van der Waals surface area contributed by atoms with Crippen molar-refractivity contribution < 1.29 is 13.5 Å². The predicted octanol–water partition coefficient (Wildman–Crippen LogP) is 1.77. The minimum atomic E-state index is -3.47. The fraction of sp³-hybridized carbons (Fsp3) is 0.385. The maximum absolute atomic E-state index is 12.3. The van der Waals surface area contributed by atoms with Crippen LogP contribution in [0.4, 0.5) is 0 Å². The van der Waals surface area contributed by atoms with Crippen LogP contribution in [-0.2, 0) is 16.6 Å². The van der Waals surface area contributed by atoms with Crippen molar-refractivity contribution in [2.75, 3.05) is 13.1 Å². The van der Waals surface area contributed by atoms with Crippen LogP contribution in [0.15, 0.2) is 41.8 Å². The van der Waals surface area contributed by atoms with Gasteiger partial charge in [-0.1, -0.05) is 25.1 Å². The molecule has 0 aromatic heterocycles. The van der Waals surface area contributed by atoms with Gasteiger partial charge in [-0.05, 0) is 24.1 Å². The largest absolute Gasteiger partial charge is 0.392 e. The van der Waals surface area contributed by atoms with E-state index in [0.717, 1.165) is 6.42 Å². The average Bonchev–Trinajstić information content (AvgIpc) is 2.38. The molecule has 0 unspecified atom stereocenters. The van der Waals surface area contributed by atoms with Crippen molar-refractivity contribution in [3.05, 3.63) is 42.5 Å². The van der Waals surface area contributed by atoms with E-state index in [2.05, 4.69) is 6.58 Å². The van der Waals surface area contributed by atoms with E-state index in [1.54, 1.807) is 18.2 Å². The van der Waals surface area contributed by atoms with Gasteiger partial charge in [0.25, 0.3) is 0 Å². The lowest BCUT2D eigenvalue weighted by Gasteiger charge is -2.20. The Balaban J connectivity index is 3.04. The molecule has 18 heavy (non-hydrogen) atoms. The Kier molecular flexibility index (Phi) is 5.53. The van der Waals surface area contributed by atoms with E-state index >= 15 is 0 Å². The summed E-state index contributed by atoms with van der Waals surface area (Å²) in [5.74, 6) is 0. The second-order valence-corrected chi connectivity index (χ2v) is 5.89. The zero-order valence-corrected chi connectivity index (χ0v) is 11.4. The van der Waals surface area contributed by atoms with E-state index in [9.17, 15) is 8.42 Å². The second kappa shape index (κ2) is 6.68. The highest BCUT2D eigenvalue weighted by Gasteiger charge is 2.22. The van der Waals surface area contributed by atoms with E-state index in [1.807, 2.05) is 6.92 Å². The average molecular weight is 269 g/mol. The molecule has 1 N–H and O–H groups in total.